The smallest absolute Gasteiger partial charge is 0.407 e. The first-order chi connectivity index (χ1) is 24.5. The number of primary amides is 1. The molecule has 1 saturated heterocycles. The molecule has 2 amide bonds. The van der Waals surface area contributed by atoms with Crippen LogP contribution in [0.25, 0.3) is 0 Å². The Morgan fingerprint density at radius 1 is 0.882 bits per heavy atom. The van der Waals surface area contributed by atoms with Crippen LogP contribution < -0.4 is 21.7 Å². The Morgan fingerprint density at radius 2 is 1.45 bits per heavy atom. The van der Waals surface area contributed by atoms with Gasteiger partial charge in [-0.05, 0) is 91.4 Å². The van der Waals surface area contributed by atoms with Crippen LogP contribution in [0.3, 0.4) is 0 Å². The molecule has 0 saturated carbocycles. The molecule has 0 unspecified atom stereocenters. The Labute approximate surface area is 294 Å². The van der Waals surface area contributed by atoms with Gasteiger partial charge in [-0.25, -0.2) is 22.4 Å². The Bertz CT molecular complexity index is 1710. The molecule has 1 aliphatic heterocycles. The molecule has 1 aliphatic rings. The fraction of sp³-hybridized carbons (Fsp3) is 0.333. The van der Waals surface area contributed by atoms with E-state index in [2.05, 4.69) is 16.0 Å². The number of ether oxygens (including phenoxy) is 2. The van der Waals surface area contributed by atoms with Crippen LogP contribution in [0.2, 0.25) is 0 Å². The van der Waals surface area contributed by atoms with Gasteiger partial charge in [-0.1, -0.05) is 49.4 Å². The maximum atomic E-state index is 15.4. The molecule has 12 heteroatoms. The van der Waals surface area contributed by atoms with Crippen molar-refractivity contribution in [3.8, 4) is 0 Å². The molecule has 1 fully saturated rings. The van der Waals surface area contributed by atoms with Crippen molar-refractivity contribution in [3.63, 3.8) is 0 Å². The molecule has 270 valence electrons. The van der Waals surface area contributed by atoms with Crippen LogP contribution in [0, 0.1) is 23.3 Å². The van der Waals surface area contributed by atoms with E-state index in [0.717, 1.165) is 5.56 Å². The van der Waals surface area contributed by atoms with Crippen molar-refractivity contribution in [1.29, 1.82) is 0 Å². The van der Waals surface area contributed by atoms with Crippen LogP contribution in [0.1, 0.15) is 60.9 Å². The van der Waals surface area contributed by atoms with E-state index in [-0.39, 0.29) is 43.1 Å². The topological polar surface area (TPSA) is 115 Å². The van der Waals surface area contributed by atoms with E-state index in [1.807, 2.05) is 13.8 Å². The fourth-order valence-corrected chi connectivity index (χ4v) is 6.38. The van der Waals surface area contributed by atoms with Crippen molar-refractivity contribution < 1.29 is 36.6 Å². The number of morpholine rings is 1. The van der Waals surface area contributed by atoms with Gasteiger partial charge < -0.3 is 31.2 Å². The first-order valence-corrected chi connectivity index (χ1v) is 16.9. The van der Waals surface area contributed by atoms with Gasteiger partial charge in [0.2, 0.25) is 5.91 Å². The summed E-state index contributed by atoms with van der Waals surface area (Å²) in [6, 6.07) is 19.9. The van der Waals surface area contributed by atoms with Crippen molar-refractivity contribution in [2.45, 2.75) is 69.4 Å². The summed E-state index contributed by atoms with van der Waals surface area (Å²) in [5.74, 6) is -3.25. The number of nitrogens with two attached hydrogens (primary N) is 1. The number of hydrogen-bond acceptors (Lipinski definition) is 6. The number of anilines is 1. The highest BCUT2D eigenvalue weighted by molar-refractivity contribution is 5.85. The van der Waals surface area contributed by atoms with Crippen LogP contribution in [-0.2, 0) is 20.7 Å². The summed E-state index contributed by atoms with van der Waals surface area (Å²) in [4.78, 5) is 25.5. The Hall–Kier alpha value is -4.94. The normalized spacial score (nSPS) is 18.5. The largest absolute Gasteiger partial charge is 0.448 e. The minimum absolute atomic E-state index is 0.0543. The van der Waals surface area contributed by atoms with Crippen LogP contribution in [0.15, 0.2) is 91.0 Å². The molecular formula is C39H42F4N4O4. The molecule has 0 aliphatic carbocycles. The molecule has 5 N–H and O–H groups in total. The van der Waals surface area contributed by atoms with E-state index >= 15 is 4.39 Å². The van der Waals surface area contributed by atoms with E-state index in [0.29, 0.717) is 41.8 Å². The van der Waals surface area contributed by atoms with Crippen LogP contribution >= 0.6 is 0 Å². The van der Waals surface area contributed by atoms with Gasteiger partial charge in [0.1, 0.15) is 35.9 Å². The minimum atomic E-state index is -1.10. The molecule has 5 atom stereocenters. The molecule has 0 radical (unpaired) electrons. The van der Waals surface area contributed by atoms with E-state index < -0.39 is 41.4 Å². The van der Waals surface area contributed by atoms with Gasteiger partial charge in [-0.2, -0.15) is 0 Å². The van der Waals surface area contributed by atoms with Crippen LogP contribution in [0.4, 0.5) is 28.0 Å². The highest BCUT2D eigenvalue weighted by Gasteiger charge is 2.32. The summed E-state index contributed by atoms with van der Waals surface area (Å²) in [6.07, 6.45) is 0.0472. The molecule has 4 aromatic rings. The van der Waals surface area contributed by atoms with Gasteiger partial charge in [0, 0.05) is 23.7 Å². The van der Waals surface area contributed by atoms with Crippen LogP contribution in [0.5, 0.6) is 0 Å². The Kier molecular flexibility index (Phi) is 12.7. The predicted molar refractivity (Wildman–Crippen MR) is 186 cm³/mol. The van der Waals surface area contributed by atoms with E-state index in [1.165, 1.54) is 72.8 Å². The fourth-order valence-electron chi connectivity index (χ4n) is 6.38. The number of hydrogen-bond donors (Lipinski definition) is 4. The van der Waals surface area contributed by atoms with Crippen molar-refractivity contribution in [3.05, 3.63) is 137 Å². The van der Waals surface area contributed by atoms with Gasteiger partial charge >= 0.3 is 6.09 Å². The summed E-state index contributed by atoms with van der Waals surface area (Å²) < 4.78 is 68.1. The van der Waals surface area contributed by atoms with Gasteiger partial charge in [0.15, 0.2) is 0 Å². The zero-order valence-electron chi connectivity index (χ0n) is 28.4. The molecule has 0 bridgehead atoms. The average molecular weight is 707 g/mol. The quantitative estimate of drug-likeness (QED) is 0.106. The predicted octanol–water partition coefficient (Wildman–Crippen LogP) is 6.90. The minimum Gasteiger partial charge on any atom is -0.448 e. The lowest BCUT2D eigenvalue weighted by molar-refractivity contribution is -0.119. The second kappa shape index (κ2) is 17.3. The molecule has 5 rings (SSSR count). The SMILES string of the molecule is CC[C@@H](NC(=O)OC[C@H]1NC[C@@H](CCc2c(F)cccc2N[C@H](C(N)=O)C(c2ccc(F)cc2)c2ccc(F)cc2)O[C@H]1C)c1ccc(F)cc1. The zero-order chi connectivity index (χ0) is 36.5. The average Bonchev–Trinajstić information content (AvgIpc) is 3.11. The third-order valence-electron chi connectivity index (χ3n) is 9.19. The second-order valence-electron chi connectivity index (χ2n) is 12.6. The van der Waals surface area contributed by atoms with Crippen molar-refractivity contribution in [2.75, 3.05) is 18.5 Å². The van der Waals surface area contributed by atoms with Gasteiger partial charge in [0.05, 0.1) is 24.3 Å². The molecule has 0 aromatic heterocycles. The summed E-state index contributed by atoms with van der Waals surface area (Å²) in [6.45, 7) is 4.24. The monoisotopic (exact) mass is 706 g/mol. The van der Waals surface area contributed by atoms with E-state index in [9.17, 15) is 22.8 Å². The van der Waals surface area contributed by atoms with Crippen molar-refractivity contribution in [1.82, 2.24) is 10.6 Å². The lowest BCUT2D eigenvalue weighted by Gasteiger charge is -2.35. The lowest BCUT2D eigenvalue weighted by Crippen LogP contribution is -2.54. The third kappa shape index (κ3) is 9.86. The Morgan fingerprint density at radius 3 is 1.98 bits per heavy atom. The van der Waals surface area contributed by atoms with E-state index in [1.54, 1.807) is 18.2 Å². The van der Waals surface area contributed by atoms with Gasteiger partial charge in [0.25, 0.3) is 0 Å². The van der Waals surface area contributed by atoms with Crippen LogP contribution in [-0.4, -0.2) is 49.4 Å². The maximum Gasteiger partial charge on any atom is 0.407 e. The zero-order valence-corrected chi connectivity index (χ0v) is 28.4. The highest BCUT2D eigenvalue weighted by Crippen LogP contribution is 2.33. The number of carbonyl (C=O) groups is 2. The number of nitrogens with one attached hydrogen (secondary N) is 3. The number of benzene rings is 4. The number of rotatable bonds is 14. The summed E-state index contributed by atoms with van der Waals surface area (Å²) in [5.41, 5.74) is 8.48. The molecule has 4 aromatic carbocycles. The molecule has 51 heavy (non-hydrogen) atoms. The van der Waals surface area contributed by atoms with Crippen molar-refractivity contribution >= 4 is 17.7 Å². The summed E-state index contributed by atoms with van der Waals surface area (Å²) >= 11 is 0. The third-order valence-corrected chi connectivity index (χ3v) is 9.19. The second-order valence-corrected chi connectivity index (χ2v) is 12.6. The molecule has 8 nitrogen and oxygen atoms in total. The van der Waals surface area contributed by atoms with Crippen molar-refractivity contribution in [2.24, 2.45) is 5.73 Å². The Balaban J connectivity index is 1.21. The first-order valence-electron chi connectivity index (χ1n) is 16.9. The molecule has 1 heterocycles. The van der Waals surface area contributed by atoms with E-state index in [4.69, 9.17) is 15.2 Å². The van der Waals surface area contributed by atoms with Gasteiger partial charge in [-0.15, -0.1) is 0 Å². The molecular weight excluding hydrogens is 664 g/mol. The maximum absolute atomic E-state index is 15.4. The molecule has 0 spiro atoms. The highest BCUT2D eigenvalue weighted by atomic mass is 19.1. The lowest BCUT2D eigenvalue weighted by atomic mass is 9.84. The van der Waals surface area contributed by atoms with Gasteiger partial charge in [-0.3, -0.25) is 4.79 Å². The number of amides is 2. The number of halogens is 4. The summed E-state index contributed by atoms with van der Waals surface area (Å²) in [5, 5.41) is 9.31. The standard InChI is InChI=1S/C39H42F4N4O4/c1-3-33(24-7-13-27(40)14-8-24)47-39(49)50-22-35-23(2)51-30(21-45-35)19-20-31-32(43)5-4-6-34(31)46-37(38(44)48)36(25-9-15-28(41)16-10-25)26-11-17-29(42)18-12-26/h4-18,23,30,33,35-37,45-46H,3,19-22H2,1-2H3,(H2,44,48)(H,47,49)/t23-,30+,33+,35+,37-/m0/s1. The number of alkyl carbamates (subject to hydrolysis) is 1. The first kappa shape index (κ1) is 37.3. The summed E-state index contributed by atoms with van der Waals surface area (Å²) in [7, 11) is 0. The number of carbonyl (C=O) groups excluding carboxylic acids is 2.